The van der Waals surface area contributed by atoms with Gasteiger partial charge in [-0.15, -0.1) is 13.2 Å². The molecule has 4 aromatic rings. The quantitative estimate of drug-likeness (QED) is 0.132. The minimum absolute atomic E-state index is 0.217. The summed E-state index contributed by atoms with van der Waals surface area (Å²) >= 11 is 0. The Bertz CT molecular complexity index is 1520. The maximum Gasteiger partial charge on any atom is 0.573 e. The topological polar surface area (TPSA) is 112 Å². The van der Waals surface area contributed by atoms with Gasteiger partial charge >= 0.3 is 18.4 Å². The Labute approximate surface area is 240 Å². The first kappa shape index (κ1) is 30.2. The van der Waals surface area contributed by atoms with Gasteiger partial charge in [-0.2, -0.15) is 0 Å². The molecule has 0 bridgehead atoms. The van der Waals surface area contributed by atoms with Crippen molar-refractivity contribution in [3.8, 4) is 34.1 Å². The number of benzene rings is 3. The number of alkyl halides is 3. The van der Waals surface area contributed by atoms with E-state index in [0.717, 1.165) is 18.4 Å². The lowest BCUT2D eigenvalue weighted by molar-refractivity contribution is -0.274. The summed E-state index contributed by atoms with van der Waals surface area (Å²) in [5.74, 6) is 0.218. The third-order valence-corrected chi connectivity index (χ3v) is 6.15. The van der Waals surface area contributed by atoms with Crippen LogP contribution in [-0.4, -0.2) is 43.6 Å². The number of carbonyl (C=O) groups is 2. The van der Waals surface area contributed by atoms with Gasteiger partial charge in [0.2, 0.25) is 5.89 Å². The van der Waals surface area contributed by atoms with E-state index in [1.807, 2.05) is 0 Å². The number of urea groups is 1. The predicted molar refractivity (Wildman–Crippen MR) is 150 cm³/mol. The second kappa shape index (κ2) is 13.7. The molecular weight excluding hydrogens is 555 g/mol. The predicted octanol–water partition coefficient (Wildman–Crippen LogP) is 7.31. The summed E-state index contributed by atoms with van der Waals surface area (Å²) in [7, 11) is 1.51. The molecule has 0 aliphatic carbocycles. The van der Waals surface area contributed by atoms with Crippen molar-refractivity contribution in [1.29, 1.82) is 0 Å². The summed E-state index contributed by atoms with van der Waals surface area (Å²) in [6.45, 7) is 2.58. The van der Waals surface area contributed by atoms with Crippen LogP contribution >= 0.6 is 0 Å². The molecule has 0 aliphatic heterocycles. The zero-order chi connectivity index (χ0) is 30.1. The summed E-state index contributed by atoms with van der Waals surface area (Å²) in [5, 5.41) is 5.57. The van der Waals surface area contributed by atoms with Crippen LogP contribution in [-0.2, 0) is 9.53 Å². The Morgan fingerprint density at radius 2 is 1.71 bits per heavy atom. The lowest BCUT2D eigenvalue weighted by Gasteiger charge is -2.11. The number of unbranched alkanes of at least 4 members (excludes halogenated alkanes) is 2. The normalized spacial score (nSPS) is 11.3. The van der Waals surface area contributed by atoms with Gasteiger partial charge in [0.15, 0.2) is 5.58 Å². The molecule has 9 nitrogen and oxygen atoms in total. The summed E-state index contributed by atoms with van der Waals surface area (Å²) < 4.78 is 57.7. The highest BCUT2D eigenvalue weighted by Gasteiger charge is 2.31. The minimum Gasteiger partial charge on any atom is -0.496 e. The van der Waals surface area contributed by atoms with E-state index < -0.39 is 6.36 Å². The zero-order valence-corrected chi connectivity index (χ0v) is 23.0. The molecule has 0 unspecified atom stereocenters. The second-order valence-corrected chi connectivity index (χ2v) is 9.19. The van der Waals surface area contributed by atoms with Crippen LogP contribution in [0.4, 0.5) is 23.7 Å². The van der Waals surface area contributed by atoms with Gasteiger partial charge in [0.25, 0.3) is 0 Å². The standard InChI is InChI=1S/C30H30F3N3O6/c1-3-40-27(37)7-5-4-6-16-34-29(38)35-21-11-15-25(39-2)23(18-21)28-36-24-17-20(10-14-26(24)41-28)19-8-12-22(13-9-19)42-30(31,32)33/h8-15,17-18H,3-7,16H2,1-2H3,(H2,34,35,38). The van der Waals surface area contributed by atoms with Crippen molar-refractivity contribution >= 4 is 28.8 Å². The van der Waals surface area contributed by atoms with E-state index in [2.05, 4.69) is 20.4 Å². The number of halogens is 3. The van der Waals surface area contributed by atoms with Crippen LogP contribution in [0.5, 0.6) is 11.5 Å². The SMILES string of the molecule is CCOC(=O)CCCCCNC(=O)Nc1ccc(OC)c(-c2nc3cc(-c4ccc(OC(F)(F)F)cc4)ccc3o2)c1. The molecule has 222 valence electrons. The summed E-state index contributed by atoms with van der Waals surface area (Å²) in [4.78, 5) is 28.4. The monoisotopic (exact) mass is 585 g/mol. The van der Waals surface area contributed by atoms with Crippen LogP contribution in [0.1, 0.15) is 32.6 Å². The molecule has 0 radical (unpaired) electrons. The number of nitrogens with zero attached hydrogens (tertiary/aromatic N) is 1. The molecule has 1 aromatic heterocycles. The molecule has 0 saturated heterocycles. The molecule has 12 heteroatoms. The Morgan fingerprint density at radius 3 is 2.43 bits per heavy atom. The molecule has 0 saturated carbocycles. The van der Waals surface area contributed by atoms with Crippen molar-refractivity contribution in [2.75, 3.05) is 25.6 Å². The number of esters is 1. The zero-order valence-electron chi connectivity index (χ0n) is 23.0. The fourth-order valence-electron chi connectivity index (χ4n) is 4.21. The lowest BCUT2D eigenvalue weighted by Crippen LogP contribution is -2.29. The molecule has 1 heterocycles. The maximum atomic E-state index is 12.5. The fraction of sp³-hybridized carbons (Fsp3) is 0.300. The number of methoxy groups -OCH3 is 1. The van der Waals surface area contributed by atoms with Crippen molar-refractivity contribution in [3.63, 3.8) is 0 Å². The summed E-state index contributed by atoms with van der Waals surface area (Å²) in [5.41, 5.74) is 3.42. The summed E-state index contributed by atoms with van der Waals surface area (Å²) in [6, 6.07) is 15.5. The molecular formula is C30H30F3N3O6. The van der Waals surface area contributed by atoms with Gasteiger partial charge < -0.3 is 29.3 Å². The number of hydrogen-bond donors (Lipinski definition) is 2. The van der Waals surface area contributed by atoms with Gasteiger partial charge in [0.05, 0.1) is 19.3 Å². The minimum atomic E-state index is -4.76. The van der Waals surface area contributed by atoms with E-state index in [1.54, 1.807) is 43.3 Å². The first-order valence-corrected chi connectivity index (χ1v) is 13.3. The number of hydrogen-bond acceptors (Lipinski definition) is 7. The molecule has 0 aliphatic rings. The highest BCUT2D eigenvalue weighted by Crippen LogP contribution is 2.35. The van der Waals surface area contributed by atoms with E-state index in [9.17, 15) is 22.8 Å². The van der Waals surface area contributed by atoms with Gasteiger partial charge in [-0.25, -0.2) is 9.78 Å². The Hall–Kier alpha value is -4.74. The highest BCUT2D eigenvalue weighted by molar-refractivity contribution is 5.91. The number of fused-ring (bicyclic) bond motifs is 1. The third-order valence-electron chi connectivity index (χ3n) is 6.15. The molecule has 4 rings (SSSR count). The van der Waals surface area contributed by atoms with Crippen LogP contribution in [0.3, 0.4) is 0 Å². The lowest BCUT2D eigenvalue weighted by atomic mass is 10.1. The van der Waals surface area contributed by atoms with Gasteiger partial charge in [-0.3, -0.25) is 4.79 Å². The number of anilines is 1. The van der Waals surface area contributed by atoms with Crippen molar-refractivity contribution < 1.29 is 41.4 Å². The number of carbonyl (C=O) groups excluding carboxylic acids is 2. The molecule has 2 amide bonds. The number of aromatic nitrogens is 1. The van der Waals surface area contributed by atoms with E-state index in [0.29, 0.717) is 59.7 Å². The molecule has 3 aromatic carbocycles. The van der Waals surface area contributed by atoms with Crippen LogP contribution in [0.15, 0.2) is 65.1 Å². The smallest absolute Gasteiger partial charge is 0.496 e. The van der Waals surface area contributed by atoms with Crippen molar-refractivity contribution in [3.05, 3.63) is 60.7 Å². The molecule has 42 heavy (non-hydrogen) atoms. The van der Waals surface area contributed by atoms with Gasteiger partial charge in [-0.05, 0) is 73.4 Å². The number of nitrogens with one attached hydrogen (secondary N) is 2. The first-order valence-electron chi connectivity index (χ1n) is 13.3. The largest absolute Gasteiger partial charge is 0.573 e. The van der Waals surface area contributed by atoms with Crippen molar-refractivity contribution in [2.45, 2.75) is 39.0 Å². The number of amides is 2. The van der Waals surface area contributed by atoms with E-state index >= 15 is 0 Å². The number of oxazole rings is 1. The van der Waals surface area contributed by atoms with E-state index in [4.69, 9.17) is 13.9 Å². The maximum absolute atomic E-state index is 12.5. The van der Waals surface area contributed by atoms with Crippen LogP contribution in [0, 0.1) is 0 Å². The summed E-state index contributed by atoms with van der Waals surface area (Å²) in [6.07, 6.45) is -2.21. The molecule has 0 fully saturated rings. The van der Waals surface area contributed by atoms with Crippen molar-refractivity contribution in [2.24, 2.45) is 0 Å². The van der Waals surface area contributed by atoms with Crippen molar-refractivity contribution in [1.82, 2.24) is 10.3 Å². The molecule has 0 spiro atoms. The van der Waals surface area contributed by atoms with Crippen LogP contribution < -0.4 is 20.1 Å². The highest BCUT2D eigenvalue weighted by atomic mass is 19.4. The van der Waals surface area contributed by atoms with Crippen LogP contribution in [0.25, 0.3) is 33.7 Å². The van der Waals surface area contributed by atoms with Gasteiger partial charge in [0.1, 0.15) is 17.0 Å². The van der Waals surface area contributed by atoms with Gasteiger partial charge in [-0.1, -0.05) is 24.6 Å². The first-order chi connectivity index (χ1) is 20.1. The Morgan fingerprint density at radius 1 is 0.952 bits per heavy atom. The fourth-order valence-corrected chi connectivity index (χ4v) is 4.21. The van der Waals surface area contributed by atoms with Gasteiger partial charge in [0, 0.05) is 18.7 Å². The average molecular weight is 586 g/mol. The molecule has 0 atom stereocenters. The third kappa shape index (κ3) is 8.38. The Kier molecular flexibility index (Phi) is 9.89. The second-order valence-electron chi connectivity index (χ2n) is 9.19. The number of rotatable bonds is 12. The average Bonchev–Trinajstić information content (AvgIpc) is 3.38. The number of ether oxygens (including phenoxy) is 3. The Balaban J connectivity index is 1.41. The van der Waals surface area contributed by atoms with E-state index in [-0.39, 0.29) is 23.6 Å². The van der Waals surface area contributed by atoms with E-state index in [1.165, 1.54) is 31.4 Å². The molecule has 2 N–H and O–H groups in total. The van der Waals surface area contributed by atoms with Crippen LogP contribution in [0.2, 0.25) is 0 Å².